The van der Waals surface area contributed by atoms with E-state index in [1.165, 1.54) is 0 Å². The fraction of sp³-hybridized carbons (Fsp3) is 0.300. The van der Waals surface area contributed by atoms with Crippen LogP contribution in [0.15, 0.2) is 34.1 Å². The molecule has 0 aliphatic rings. The molecule has 0 aliphatic carbocycles. The monoisotopic (exact) mass is 470 g/mol. The minimum absolute atomic E-state index is 0.207. The van der Waals surface area contributed by atoms with Gasteiger partial charge >= 0.3 is 6.61 Å². The molecule has 0 saturated heterocycles. The molecule has 1 nitrogen and oxygen atoms in total. The first-order chi connectivity index (χ1) is 7.47. The van der Waals surface area contributed by atoms with Crippen LogP contribution in [0.5, 0.6) is 0 Å². The molecule has 0 saturated carbocycles. The zero-order valence-electron chi connectivity index (χ0n) is 8.26. The van der Waals surface area contributed by atoms with E-state index < -0.39 is 6.61 Å². The first-order valence-electron chi connectivity index (χ1n) is 4.30. The van der Waals surface area contributed by atoms with Crippen molar-refractivity contribution >= 4 is 60.3 Å². The van der Waals surface area contributed by atoms with E-state index in [9.17, 15) is 8.78 Å². The molecule has 0 atom stereocenters. The topological polar surface area (TPSA) is 9.23 Å². The Bertz CT molecular complexity index is 314. The maximum absolute atomic E-state index is 11.8. The van der Waals surface area contributed by atoms with Crippen LogP contribution < -0.4 is 0 Å². The zero-order chi connectivity index (χ0) is 12.6. The van der Waals surface area contributed by atoms with Gasteiger partial charge in [-0.3, -0.25) is 0 Å². The molecule has 0 spiro atoms. The van der Waals surface area contributed by atoms with Crippen molar-refractivity contribution in [3.05, 3.63) is 34.1 Å². The number of unbranched alkanes of at least 4 members (excludes halogenated alkanes) is 1. The molecule has 0 radical (unpaired) electrons. The van der Waals surface area contributed by atoms with E-state index in [1.807, 2.05) is 28.7 Å². The average molecular weight is 470 g/mol. The molecule has 90 valence electrons. The summed E-state index contributed by atoms with van der Waals surface area (Å²) in [5.74, 6) is 0. The SMILES string of the molecule is C=C/C(=C/CC/C=C(\I)OC(F)F)C(=S)I. The molecular formula is C10H10F2I2OS. The predicted octanol–water partition coefficient (Wildman–Crippen LogP) is 5.16. The Morgan fingerprint density at radius 3 is 2.31 bits per heavy atom. The third-order valence-corrected chi connectivity index (χ3v) is 3.04. The normalized spacial score (nSPS) is 12.8. The summed E-state index contributed by atoms with van der Waals surface area (Å²) in [5.41, 5.74) is 0.897. The first-order valence-corrected chi connectivity index (χ1v) is 6.86. The second-order valence-corrected chi connectivity index (χ2v) is 5.88. The molecule has 16 heavy (non-hydrogen) atoms. The molecule has 6 heteroatoms. The van der Waals surface area contributed by atoms with Crippen LogP contribution in [0.25, 0.3) is 0 Å². The van der Waals surface area contributed by atoms with Gasteiger partial charge in [-0.1, -0.05) is 30.9 Å². The fourth-order valence-corrected chi connectivity index (χ4v) is 1.92. The van der Waals surface area contributed by atoms with E-state index in [4.69, 9.17) is 12.2 Å². The van der Waals surface area contributed by atoms with E-state index in [1.54, 1.807) is 34.7 Å². The Labute approximate surface area is 126 Å². The summed E-state index contributed by atoms with van der Waals surface area (Å²) in [6.07, 6.45) is 6.55. The third kappa shape index (κ3) is 8.57. The molecule has 0 amide bonds. The van der Waals surface area contributed by atoms with Crippen molar-refractivity contribution in [2.45, 2.75) is 19.5 Å². The molecule has 0 bridgehead atoms. The van der Waals surface area contributed by atoms with E-state index in [2.05, 4.69) is 11.3 Å². The number of hydrogen-bond acceptors (Lipinski definition) is 2. The number of hydrogen-bond donors (Lipinski definition) is 0. The number of allylic oxidation sites excluding steroid dienone is 4. The third-order valence-electron chi connectivity index (χ3n) is 1.48. The number of alkyl halides is 2. The van der Waals surface area contributed by atoms with Gasteiger partial charge in [-0.15, -0.1) is 0 Å². The van der Waals surface area contributed by atoms with Gasteiger partial charge in [-0.25, -0.2) is 0 Å². The van der Waals surface area contributed by atoms with Crippen molar-refractivity contribution in [3.8, 4) is 0 Å². The second kappa shape index (κ2) is 9.46. The fourth-order valence-electron chi connectivity index (χ4n) is 0.813. The Hall–Kier alpha value is 0.430. The number of ether oxygens (including phenoxy) is 1. The average Bonchev–Trinajstić information content (AvgIpc) is 2.16. The minimum atomic E-state index is -2.76. The molecule has 0 N–H and O–H groups in total. The highest BCUT2D eigenvalue weighted by molar-refractivity contribution is 14.1. The quantitative estimate of drug-likeness (QED) is 0.0968. The molecule has 0 aromatic carbocycles. The van der Waals surface area contributed by atoms with Gasteiger partial charge in [0.2, 0.25) is 0 Å². The van der Waals surface area contributed by atoms with Gasteiger partial charge in [0, 0.05) is 0 Å². The maximum atomic E-state index is 11.8. The highest BCUT2D eigenvalue weighted by Crippen LogP contribution is 2.15. The first kappa shape index (κ1) is 16.4. The number of thiocarbonyl (C=S) groups is 1. The van der Waals surface area contributed by atoms with Crippen molar-refractivity contribution in [2.24, 2.45) is 0 Å². The zero-order valence-corrected chi connectivity index (χ0v) is 13.4. The van der Waals surface area contributed by atoms with Crippen molar-refractivity contribution < 1.29 is 13.5 Å². The molecule has 0 heterocycles. The van der Waals surface area contributed by atoms with Crippen LogP contribution in [0, 0.1) is 0 Å². The number of halogens is 4. The van der Waals surface area contributed by atoms with Crippen molar-refractivity contribution in [1.29, 1.82) is 0 Å². The summed E-state index contributed by atoms with van der Waals surface area (Å²) in [7, 11) is 0. The highest BCUT2D eigenvalue weighted by atomic mass is 127. The van der Waals surface area contributed by atoms with Crippen LogP contribution in [0.3, 0.4) is 0 Å². The summed E-state index contributed by atoms with van der Waals surface area (Å²) in [6.45, 7) is 0.874. The largest absolute Gasteiger partial charge is 0.429 e. The van der Waals surface area contributed by atoms with Crippen LogP contribution in [0.2, 0.25) is 0 Å². The van der Waals surface area contributed by atoms with Crippen LogP contribution in [0.1, 0.15) is 12.8 Å². The van der Waals surface area contributed by atoms with Gasteiger partial charge in [0.05, 0.1) is 2.87 Å². The van der Waals surface area contributed by atoms with Crippen LogP contribution >= 0.6 is 57.4 Å². The number of rotatable bonds is 7. The Morgan fingerprint density at radius 2 is 1.88 bits per heavy atom. The second-order valence-electron chi connectivity index (χ2n) is 2.60. The van der Waals surface area contributed by atoms with Gasteiger partial charge in [-0.05, 0) is 69.7 Å². The Morgan fingerprint density at radius 1 is 1.31 bits per heavy atom. The van der Waals surface area contributed by atoms with E-state index in [0.29, 0.717) is 12.8 Å². The van der Waals surface area contributed by atoms with E-state index >= 15 is 0 Å². The Kier molecular flexibility index (Phi) is 9.71. The van der Waals surface area contributed by atoms with Crippen LogP contribution in [0.4, 0.5) is 8.78 Å². The van der Waals surface area contributed by atoms with Crippen molar-refractivity contribution in [3.63, 3.8) is 0 Å². The molecule has 0 rings (SSSR count). The summed E-state index contributed by atoms with van der Waals surface area (Å²) >= 11 is 8.74. The summed E-state index contributed by atoms with van der Waals surface area (Å²) in [6, 6.07) is 0. The van der Waals surface area contributed by atoms with Gasteiger partial charge < -0.3 is 4.74 Å². The summed E-state index contributed by atoms with van der Waals surface area (Å²) < 4.78 is 28.7. The van der Waals surface area contributed by atoms with Gasteiger partial charge in [-0.2, -0.15) is 8.78 Å². The van der Waals surface area contributed by atoms with Crippen LogP contribution in [-0.2, 0) is 4.74 Å². The van der Waals surface area contributed by atoms with Gasteiger partial charge in [0.15, 0.2) is 3.77 Å². The summed E-state index contributed by atoms with van der Waals surface area (Å²) in [4.78, 5) is 0. The molecule has 0 aliphatic heterocycles. The van der Waals surface area contributed by atoms with E-state index in [-0.39, 0.29) is 3.77 Å². The van der Waals surface area contributed by atoms with Gasteiger partial charge in [0.25, 0.3) is 0 Å². The van der Waals surface area contributed by atoms with E-state index in [0.717, 1.165) is 8.44 Å². The highest BCUT2D eigenvalue weighted by Gasteiger charge is 2.02. The lowest BCUT2D eigenvalue weighted by Crippen LogP contribution is -1.93. The molecular weight excluding hydrogens is 460 g/mol. The predicted molar refractivity (Wildman–Crippen MR) is 83.3 cm³/mol. The maximum Gasteiger partial charge on any atom is 0.387 e. The van der Waals surface area contributed by atoms with Crippen LogP contribution in [-0.4, -0.2) is 9.48 Å². The minimum Gasteiger partial charge on any atom is -0.429 e. The molecule has 0 unspecified atom stereocenters. The lowest BCUT2D eigenvalue weighted by Gasteiger charge is -2.01. The Balaban J connectivity index is 4.07. The summed E-state index contributed by atoms with van der Waals surface area (Å²) in [5, 5.41) is 0. The van der Waals surface area contributed by atoms with Gasteiger partial charge in [0.1, 0.15) is 0 Å². The van der Waals surface area contributed by atoms with Crippen molar-refractivity contribution in [2.75, 3.05) is 0 Å². The molecule has 0 aromatic rings. The van der Waals surface area contributed by atoms with Crippen molar-refractivity contribution in [1.82, 2.24) is 0 Å². The standard InChI is InChI=1S/C10H10F2I2OS/c1-2-7(9(14)16)5-3-4-6-8(13)15-10(11)12/h2,5-6,10H,1,3-4H2/b7-5-,8-6+. The molecule has 0 fully saturated rings. The molecule has 0 aromatic heterocycles. The lowest BCUT2D eigenvalue weighted by atomic mass is 10.2. The smallest absolute Gasteiger partial charge is 0.387 e. The lowest BCUT2D eigenvalue weighted by molar-refractivity contribution is -0.0852.